The molecule has 5 nitrogen and oxygen atoms in total. The molecule has 2 aromatic carbocycles. The fourth-order valence-corrected chi connectivity index (χ4v) is 3.92. The van der Waals surface area contributed by atoms with Crippen molar-refractivity contribution in [3.05, 3.63) is 58.1 Å². The third-order valence-corrected chi connectivity index (χ3v) is 5.29. The van der Waals surface area contributed by atoms with Crippen molar-refractivity contribution in [2.24, 2.45) is 0 Å². The summed E-state index contributed by atoms with van der Waals surface area (Å²) in [6.07, 6.45) is 0.707. The van der Waals surface area contributed by atoms with Crippen LogP contribution in [0.2, 0.25) is 0 Å². The first kappa shape index (κ1) is 18.5. The summed E-state index contributed by atoms with van der Waals surface area (Å²) >= 11 is 0. The topological polar surface area (TPSA) is 61.0 Å². The highest BCUT2D eigenvalue weighted by molar-refractivity contribution is 5.82. The van der Waals surface area contributed by atoms with Gasteiger partial charge in [-0.05, 0) is 43.2 Å². The van der Waals surface area contributed by atoms with Gasteiger partial charge in [-0.25, -0.2) is 4.98 Å². The Bertz CT molecular complexity index is 1020. The van der Waals surface area contributed by atoms with Crippen LogP contribution >= 0.6 is 0 Å². The maximum atomic E-state index is 13.1. The molecule has 0 spiro atoms. The van der Waals surface area contributed by atoms with Gasteiger partial charge < -0.3 is 4.57 Å². The summed E-state index contributed by atoms with van der Waals surface area (Å²) in [4.78, 5) is 14.9. The van der Waals surface area contributed by atoms with Crippen molar-refractivity contribution in [2.45, 2.75) is 44.3 Å². The Morgan fingerprint density at radius 1 is 1.04 bits per heavy atom. The van der Waals surface area contributed by atoms with Crippen LogP contribution < -0.4 is 0 Å². The minimum absolute atomic E-state index is 0.0385. The van der Waals surface area contributed by atoms with E-state index < -0.39 is 16.7 Å². The summed E-state index contributed by atoms with van der Waals surface area (Å²) in [7, 11) is 0. The monoisotopic (exact) mass is 389 g/mol. The second-order valence-electron chi connectivity index (χ2n) is 7.10. The zero-order valence-corrected chi connectivity index (χ0v) is 14.9. The third-order valence-electron chi connectivity index (χ3n) is 5.29. The van der Waals surface area contributed by atoms with Crippen LogP contribution in [0, 0.1) is 10.1 Å². The summed E-state index contributed by atoms with van der Waals surface area (Å²) in [5, 5.41) is 10.9. The number of rotatable bonds is 3. The Hall–Kier alpha value is -2.90. The Labute approximate surface area is 159 Å². The minimum atomic E-state index is -4.43. The number of alkyl halides is 3. The van der Waals surface area contributed by atoms with Gasteiger partial charge in [0, 0.05) is 23.7 Å². The molecule has 1 aliphatic carbocycles. The highest BCUT2D eigenvalue weighted by Crippen LogP contribution is 2.38. The number of nitro groups is 1. The fourth-order valence-electron chi connectivity index (χ4n) is 3.92. The van der Waals surface area contributed by atoms with Crippen molar-refractivity contribution in [3.63, 3.8) is 0 Å². The van der Waals surface area contributed by atoms with E-state index in [2.05, 4.69) is 4.98 Å². The third kappa shape index (κ3) is 3.34. The molecule has 3 aromatic rings. The number of nitrogens with zero attached hydrogens (tertiary/aromatic N) is 3. The lowest BCUT2D eigenvalue weighted by molar-refractivity contribution is -0.384. The molecule has 1 saturated carbocycles. The molecule has 1 heterocycles. The van der Waals surface area contributed by atoms with E-state index in [1.165, 1.54) is 18.2 Å². The van der Waals surface area contributed by atoms with Gasteiger partial charge >= 0.3 is 6.18 Å². The number of benzene rings is 2. The van der Waals surface area contributed by atoms with E-state index in [9.17, 15) is 23.3 Å². The van der Waals surface area contributed by atoms with Crippen molar-refractivity contribution in [3.8, 4) is 11.4 Å². The maximum absolute atomic E-state index is 13.1. The lowest BCUT2D eigenvalue weighted by Gasteiger charge is -2.25. The van der Waals surface area contributed by atoms with Crippen molar-refractivity contribution >= 4 is 16.7 Å². The summed E-state index contributed by atoms with van der Waals surface area (Å²) in [6.45, 7) is 0. The molecule has 0 N–H and O–H groups in total. The van der Waals surface area contributed by atoms with Gasteiger partial charge in [-0.2, -0.15) is 13.2 Å². The molecule has 0 radical (unpaired) electrons. The van der Waals surface area contributed by atoms with Crippen molar-refractivity contribution in [1.29, 1.82) is 0 Å². The molecule has 1 fully saturated rings. The lowest BCUT2D eigenvalue weighted by Crippen LogP contribution is -2.14. The van der Waals surface area contributed by atoms with Crippen molar-refractivity contribution in [1.82, 2.24) is 9.55 Å². The molecule has 0 bridgehead atoms. The second kappa shape index (κ2) is 6.92. The minimum Gasteiger partial charge on any atom is -0.321 e. The first-order chi connectivity index (χ1) is 13.3. The standard InChI is InChI=1S/C20H18F3N3O2/c21-20(22,23)14-8-11-18-17(12-14)24-19(25(18)15-4-2-1-3-5-15)13-6-9-16(10-7-13)26(27)28/h6-12,15H,1-5H2. The average Bonchev–Trinajstić information content (AvgIpc) is 3.06. The number of hydrogen-bond donors (Lipinski definition) is 0. The molecular weight excluding hydrogens is 371 g/mol. The maximum Gasteiger partial charge on any atom is 0.416 e. The highest BCUT2D eigenvalue weighted by atomic mass is 19.4. The quantitative estimate of drug-likeness (QED) is 0.400. The fraction of sp³-hybridized carbons (Fsp3) is 0.350. The Morgan fingerprint density at radius 2 is 1.71 bits per heavy atom. The van der Waals surface area contributed by atoms with Gasteiger partial charge in [-0.1, -0.05) is 19.3 Å². The van der Waals surface area contributed by atoms with Crippen LogP contribution in [0.3, 0.4) is 0 Å². The smallest absolute Gasteiger partial charge is 0.321 e. The van der Waals surface area contributed by atoms with E-state index in [-0.39, 0.29) is 17.2 Å². The molecule has 8 heteroatoms. The van der Waals surface area contributed by atoms with Gasteiger partial charge in [0.2, 0.25) is 0 Å². The van der Waals surface area contributed by atoms with Crippen LogP contribution in [0.1, 0.15) is 43.7 Å². The van der Waals surface area contributed by atoms with Gasteiger partial charge in [0.25, 0.3) is 5.69 Å². The van der Waals surface area contributed by atoms with Crippen molar-refractivity contribution in [2.75, 3.05) is 0 Å². The zero-order valence-electron chi connectivity index (χ0n) is 14.9. The molecule has 4 rings (SSSR count). The number of hydrogen-bond acceptors (Lipinski definition) is 3. The Morgan fingerprint density at radius 3 is 2.32 bits per heavy atom. The molecule has 1 aliphatic rings. The first-order valence-corrected chi connectivity index (χ1v) is 9.18. The lowest BCUT2D eigenvalue weighted by atomic mass is 9.94. The van der Waals surface area contributed by atoms with Crippen LogP contribution in [-0.4, -0.2) is 14.5 Å². The van der Waals surface area contributed by atoms with Gasteiger partial charge in [0.1, 0.15) is 5.82 Å². The van der Waals surface area contributed by atoms with Gasteiger partial charge in [0.05, 0.1) is 21.5 Å². The van der Waals surface area contributed by atoms with E-state index >= 15 is 0 Å². The molecule has 28 heavy (non-hydrogen) atoms. The molecular formula is C20H18F3N3O2. The van der Waals surface area contributed by atoms with Crippen molar-refractivity contribution < 1.29 is 18.1 Å². The van der Waals surface area contributed by atoms with Crippen LogP contribution in [0.4, 0.5) is 18.9 Å². The summed E-state index contributed by atoms with van der Waals surface area (Å²) in [6, 6.07) is 9.77. The average molecular weight is 389 g/mol. The Kier molecular flexibility index (Phi) is 4.56. The normalized spacial score (nSPS) is 15.8. The molecule has 0 atom stereocenters. The molecule has 0 aliphatic heterocycles. The number of halogens is 3. The molecule has 0 saturated heterocycles. The summed E-state index contributed by atoms with van der Waals surface area (Å²) < 4.78 is 41.4. The molecule has 146 valence electrons. The van der Waals surface area contributed by atoms with Crippen LogP contribution in [0.15, 0.2) is 42.5 Å². The number of nitro benzene ring substituents is 1. The summed E-state index contributed by atoms with van der Waals surface area (Å²) in [5.74, 6) is 0.552. The van der Waals surface area contributed by atoms with Crippen LogP contribution in [-0.2, 0) is 6.18 Å². The van der Waals surface area contributed by atoms with E-state index in [4.69, 9.17) is 0 Å². The number of non-ortho nitro benzene ring substituents is 1. The van der Waals surface area contributed by atoms with E-state index in [1.54, 1.807) is 12.1 Å². The first-order valence-electron chi connectivity index (χ1n) is 9.18. The largest absolute Gasteiger partial charge is 0.416 e. The highest BCUT2D eigenvalue weighted by Gasteiger charge is 2.32. The zero-order chi connectivity index (χ0) is 19.9. The predicted molar refractivity (Wildman–Crippen MR) is 98.9 cm³/mol. The molecule has 0 amide bonds. The predicted octanol–water partition coefficient (Wildman–Crippen LogP) is 6.14. The molecule has 1 aromatic heterocycles. The number of fused-ring (bicyclic) bond motifs is 1. The van der Waals surface area contributed by atoms with Crippen LogP contribution in [0.5, 0.6) is 0 Å². The SMILES string of the molecule is O=[N+]([O-])c1ccc(-c2nc3cc(C(F)(F)F)ccc3n2C2CCCCC2)cc1. The van der Waals surface area contributed by atoms with E-state index in [1.807, 2.05) is 4.57 Å². The van der Waals surface area contributed by atoms with Gasteiger partial charge in [-0.15, -0.1) is 0 Å². The van der Waals surface area contributed by atoms with E-state index in [0.717, 1.165) is 44.2 Å². The molecule has 0 unspecified atom stereocenters. The Balaban J connectivity index is 1.88. The van der Waals surface area contributed by atoms with Gasteiger partial charge in [0.15, 0.2) is 0 Å². The van der Waals surface area contributed by atoms with E-state index in [0.29, 0.717) is 16.9 Å². The van der Waals surface area contributed by atoms with Crippen LogP contribution in [0.25, 0.3) is 22.4 Å². The number of imidazole rings is 1. The number of aromatic nitrogens is 2. The summed E-state index contributed by atoms with van der Waals surface area (Å²) in [5.41, 5.74) is 0.829. The van der Waals surface area contributed by atoms with Gasteiger partial charge in [-0.3, -0.25) is 10.1 Å². The second-order valence-corrected chi connectivity index (χ2v) is 7.10.